The highest BCUT2D eigenvalue weighted by Gasteiger charge is 2.23. The smallest absolute Gasteiger partial charge is 0.280 e. The van der Waals surface area contributed by atoms with Gasteiger partial charge in [0.05, 0.1) is 81.9 Å². The molecule has 16 aromatic rings. The lowest BCUT2D eigenvalue weighted by Gasteiger charge is -2.11. The molecule has 0 saturated heterocycles. The summed E-state index contributed by atoms with van der Waals surface area (Å²) >= 11 is 2.99. The first-order valence-corrected chi connectivity index (χ1v) is 33.9. The number of alkyl halides is 8. The van der Waals surface area contributed by atoms with Crippen LogP contribution in [0.15, 0.2) is 231 Å². The van der Waals surface area contributed by atoms with E-state index in [9.17, 15) is 48.3 Å². The van der Waals surface area contributed by atoms with E-state index in [1.54, 1.807) is 55.7 Å². The number of hydrogen-bond acceptors (Lipinski definition) is 22. The molecular weight excluding hydrogens is 1560 g/mol. The molecule has 0 bridgehead atoms. The molecule has 0 fully saturated rings. The summed E-state index contributed by atoms with van der Waals surface area (Å²) in [6.45, 7) is 0.900. The minimum absolute atomic E-state index is 0.0871. The van der Waals surface area contributed by atoms with Crippen molar-refractivity contribution in [1.29, 1.82) is 0 Å². The number of hydrogen-bond donors (Lipinski definition) is 4. The number of nitrogens with two attached hydrogens (primary N) is 1. The van der Waals surface area contributed by atoms with E-state index in [4.69, 9.17) is 19.9 Å². The number of nitrogens with one attached hydrogen (secondary N) is 3. The highest BCUT2D eigenvalue weighted by Crippen LogP contribution is 2.34. The molecule has 0 saturated carbocycles. The second kappa shape index (κ2) is 36.8. The fourth-order valence-electron chi connectivity index (χ4n) is 10.2. The number of halogens is 12. The number of fused-ring (bicyclic) bond motifs is 3. The number of benzene rings is 3. The summed E-state index contributed by atoms with van der Waals surface area (Å²) in [5.74, 6) is 1.41. The van der Waals surface area contributed by atoms with Crippen LogP contribution in [0.5, 0.6) is 23.1 Å². The molecule has 25 nitrogen and oxygen atoms in total. The molecule has 13 aromatic heterocycles. The fraction of sp³-hybridized carbons (Fsp3) is 0.105. The number of aromatic nitrogens is 19. The van der Waals surface area contributed by atoms with Crippen LogP contribution in [0.4, 0.5) is 77.0 Å². The standard InChI is InChI=1S/C25H19F2N5O2.C24H18F3N7O.C16H10F3N7.C6H4BrF2N.C5H5FN2/c1-33-17-12-10-16(11-13-17)14-32-15-28-21-24(32)30-23(20-9-5-8-19(29-20)22(26)27)31-25(21)34-18-6-3-2-4-7-18;1-35-15-7-5-14(6-8-15)12-34-13-29-20-23(31-17-9-10-28-11-16(17)25)32-22(33-24(20)34)19-4-2-3-18(30-19)21(26)27;17-8-6-20-5-4-9(8)24-16-12-15(22-7-21-12)25-14(26-16)11-3-1-2-10(23-11)13(18)19;7-5-3-1-2-4(10-5)6(8)9;6-4-3-8-2-1-5(4)7/h2-13,15,22H,14H2,1H3;2-11,13,21H,12H2,1H3,(H,28,31,32,33);1-7,13H,(H2,20,21,22,24,25,26);1-3,6H;1-3H,(H2,7,8). The van der Waals surface area contributed by atoms with Gasteiger partial charge in [-0.05, 0) is 130 Å². The van der Waals surface area contributed by atoms with Crippen molar-refractivity contribution in [3.8, 4) is 57.7 Å². The van der Waals surface area contributed by atoms with E-state index in [2.05, 4.69) is 111 Å². The minimum Gasteiger partial charge on any atom is -0.497 e. The number of aromatic amines is 1. The SMILES string of the molecule is COc1ccc(Cn2cnc3c(Nc4ccncc4F)nc(-c4cccc(C(F)F)n4)nc32)cc1.COc1ccc(Cn2cnc3c(Oc4ccccc4)nc(-c4cccc(C(F)F)n4)nc32)cc1.FC(F)c1cccc(Br)n1.Fc1cnccc1Nc1nc(-c2cccc(C(F)F)n2)nc2nc[nH]c12.Nc1ccncc1F. The molecule has 0 radical (unpaired) electrons. The van der Waals surface area contributed by atoms with Crippen LogP contribution in [0, 0.1) is 17.5 Å². The molecule has 0 aliphatic heterocycles. The van der Waals surface area contributed by atoms with Crippen molar-refractivity contribution in [2.75, 3.05) is 30.6 Å². The molecule has 0 amide bonds. The molecule has 5 N–H and O–H groups in total. The second-order valence-electron chi connectivity index (χ2n) is 23.2. The van der Waals surface area contributed by atoms with Gasteiger partial charge < -0.3 is 44.7 Å². The van der Waals surface area contributed by atoms with Gasteiger partial charge in [-0.3, -0.25) is 15.0 Å². The molecular formula is C76H56BrF11N22O3. The van der Waals surface area contributed by atoms with Crippen molar-refractivity contribution in [2.24, 2.45) is 0 Å². The number of ether oxygens (including phenoxy) is 3. The molecule has 13 heterocycles. The van der Waals surface area contributed by atoms with Crippen molar-refractivity contribution < 1.29 is 62.5 Å². The van der Waals surface area contributed by atoms with Gasteiger partial charge in [-0.2, -0.15) is 4.98 Å². The monoisotopic (exact) mass is 1610 g/mol. The Bertz CT molecular complexity index is 5860. The van der Waals surface area contributed by atoms with Crippen LogP contribution in [0.1, 0.15) is 59.6 Å². The van der Waals surface area contributed by atoms with E-state index in [0.29, 0.717) is 51.3 Å². The highest BCUT2D eigenvalue weighted by molar-refractivity contribution is 9.10. The molecule has 37 heteroatoms. The largest absolute Gasteiger partial charge is 0.497 e. The van der Waals surface area contributed by atoms with Gasteiger partial charge in [-0.25, -0.2) is 108 Å². The van der Waals surface area contributed by atoms with Gasteiger partial charge >= 0.3 is 0 Å². The molecule has 0 spiro atoms. The first-order valence-electron chi connectivity index (χ1n) is 33.1. The maximum absolute atomic E-state index is 14.3. The lowest BCUT2D eigenvalue weighted by atomic mass is 10.2. The second-order valence-corrected chi connectivity index (χ2v) is 24.0. The molecule has 16 rings (SSSR count). The van der Waals surface area contributed by atoms with Gasteiger partial charge in [0.15, 0.2) is 74.5 Å². The predicted octanol–water partition coefficient (Wildman–Crippen LogP) is 18.1. The van der Waals surface area contributed by atoms with Gasteiger partial charge in [-0.1, -0.05) is 66.7 Å². The molecule has 3 aromatic carbocycles. The molecule has 572 valence electrons. The highest BCUT2D eigenvalue weighted by atomic mass is 79.9. The van der Waals surface area contributed by atoms with Crippen LogP contribution in [0.2, 0.25) is 0 Å². The first kappa shape index (κ1) is 78.5. The summed E-state index contributed by atoms with van der Waals surface area (Å²) in [4.78, 5) is 68.8. The molecule has 0 aliphatic carbocycles. The van der Waals surface area contributed by atoms with E-state index in [1.807, 2.05) is 71.3 Å². The van der Waals surface area contributed by atoms with Crippen LogP contribution in [0.3, 0.4) is 0 Å². The Hall–Kier alpha value is -14.1. The van der Waals surface area contributed by atoms with Crippen molar-refractivity contribution in [3.63, 3.8) is 0 Å². The number of pyridine rings is 7. The number of imidazole rings is 3. The van der Waals surface area contributed by atoms with E-state index >= 15 is 0 Å². The summed E-state index contributed by atoms with van der Waals surface area (Å²) < 4.78 is 163. The lowest BCUT2D eigenvalue weighted by molar-refractivity contribution is 0.145. The Morgan fingerprint density at radius 2 is 0.876 bits per heavy atom. The summed E-state index contributed by atoms with van der Waals surface area (Å²) in [7, 11) is 3.20. The van der Waals surface area contributed by atoms with Crippen molar-refractivity contribution in [3.05, 3.63) is 282 Å². The summed E-state index contributed by atoms with van der Waals surface area (Å²) in [6, 6.07) is 45.7. The minimum atomic E-state index is -2.75. The van der Waals surface area contributed by atoms with E-state index in [-0.39, 0.29) is 91.9 Å². The average Bonchev–Trinajstić information content (AvgIpc) is 1.73. The lowest BCUT2D eigenvalue weighted by Crippen LogP contribution is -2.05. The van der Waals surface area contributed by atoms with Gasteiger partial charge in [0.1, 0.15) is 67.2 Å². The Morgan fingerprint density at radius 1 is 0.434 bits per heavy atom. The molecule has 113 heavy (non-hydrogen) atoms. The number of anilines is 5. The first-order chi connectivity index (χ1) is 54.7. The number of methoxy groups -OCH3 is 2. The molecule has 0 aliphatic rings. The van der Waals surface area contributed by atoms with Crippen LogP contribution >= 0.6 is 15.9 Å². The van der Waals surface area contributed by atoms with E-state index < -0.39 is 48.8 Å². The van der Waals surface area contributed by atoms with Gasteiger partial charge in [0.2, 0.25) is 0 Å². The zero-order valence-corrected chi connectivity index (χ0v) is 60.1. The van der Waals surface area contributed by atoms with Crippen LogP contribution in [-0.4, -0.2) is 108 Å². The van der Waals surface area contributed by atoms with Crippen molar-refractivity contribution >= 4 is 78.1 Å². The Kier molecular flexibility index (Phi) is 25.6. The van der Waals surface area contributed by atoms with Crippen LogP contribution in [0.25, 0.3) is 68.0 Å². The number of para-hydroxylation sites is 1. The Labute approximate surface area is 640 Å². The van der Waals surface area contributed by atoms with Gasteiger partial charge in [0, 0.05) is 18.6 Å². The third-order valence-corrected chi connectivity index (χ3v) is 16.1. The summed E-state index contributed by atoms with van der Waals surface area (Å²) in [6.07, 6.45) is 1.48. The maximum atomic E-state index is 14.3. The number of rotatable bonds is 19. The van der Waals surface area contributed by atoms with E-state index in [0.717, 1.165) is 41.2 Å². The Morgan fingerprint density at radius 3 is 1.34 bits per heavy atom. The van der Waals surface area contributed by atoms with E-state index in [1.165, 1.54) is 104 Å². The quantitative estimate of drug-likeness (QED) is 0.0432. The maximum Gasteiger partial charge on any atom is 0.280 e. The topological polar surface area (TPSA) is 310 Å². The number of H-pyrrole nitrogens is 1. The zero-order valence-electron chi connectivity index (χ0n) is 58.5. The third kappa shape index (κ3) is 20.2. The van der Waals surface area contributed by atoms with Gasteiger partial charge in [0.25, 0.3) is 31.6 Å². The fourth-order valence-corrected chi connectivity index (χ4v) is 10.6. The summed E-state index contributed by atoms with van der Waals surface area (Å²) in [5, 5.41) is 5.76. The molecule has 0 atom stereocenters. The van der Waals surface area contributed by atoms with Crippen LogP contribution in [-0.2, 0) is 13.1 Å². The number of nitrogens with zero attached hydrogens (tertiary/aromatic N) is 18. The third-order valence-electron chi connectivity index (χ3n) is 15.6. The van der Waals surface area contributed by atoms with Crippen molar-refractivity contribution in [1.82, 2.24) is 93.9 Å². The zero-order chi connectivity index (χ0) is 79.5. The Balaban J connectivity index is 0.000000142. The number of nitrogen functional groups attached to an aromatic ring is 1. The normalized spacial score (nSPS) is 11.0. The average molecular weight is 1610 g/mol. The molecule has 0 unspecified atom stereocenters. The van der Waals surface area contributed by atoms with Crippen molar-refractivity contribution in [2.45, 2.75) is 38.8 Å². The summed E-state index contributed by atoms with van der Waals surface area (Å²) in [5.41, 5.74) is 9.16. The van der Waals surface area contributed by atoms with Gasteiger partial charge in [-0.15, -0.1) is 0 Å². The van der Waals surface area contributed by atoms with Crippen LogP contribution < -0.4 is 30.6 Å². The predicted molar refractivity (Wildman–Crippen MR) is 398 cm³/mol.